The van der Waals surface area contributed by atoms with Gasteiger partial charge in [0.15, 0.2) is 11.7 Å². The molecule has 0 heterocycles. The van der Waals surface area contributed by atoms with E-state index in [-0.39, 0.29) is 53.8 Å². The molecular weight excluding hydrogens is 670 g/mol. The molecule has 1 aromatic rings. The Labute approximate surface area is 313 Å². The third-order valence-electron chi connectivity index (χ3n) is 15.0. The second kappa shape index (κ2) is 14.2. The molecule has 0 aromatic heterocycles. The fraction of sp³-hybridized carbons (Fsp3) is 0.628. The van der Waals surface area contributed by atoms with E-state index in [2.05, 4.69) is 18.0 Å². The van der Waals surface area contributed by atoms with Gasteiger partial charge in [0.25, 0.3) is 0 Å². The Balaban J connectivity index is 1.56. The Morgan fingerprint density at radius 3 is 2.38 bits per heavy atom. The molecule has 6 rings (SSSR count). The van der Waals surface area contributed by atoms with Crippen molar-refractivity contribution in [1.29, 1.82) is 0 Å². The molecule has 11 atom stereocenters. The Kier molecular flexibility index (Phi) is 10.5. The van der Waals surface area contributed by atoms with Crippen LogP contribution in [0, 0.1) is 51.2 Å². The van der Waals surface area contributed by atoms with Crippen molar-refractivity contribution >= 4 is 29.6 Å². The molecule has 5 aliphatic carbocycles. The molecule has 10 heteroatoms. The minimum absolute atomic E-state index is 0.00620. The van der Waals surface area contributed by atoms with Gasteiger partial charge in [-0.2, -0.15) is 0 Å². The summed E-state index contributed by atoms with van der Waals surface area (Å²) in [5.74, 6) is -3.25. The number of aliphatic hydroxyl groups excluding tert-OH is 3. The van der Waals surface area contributed by atoms with Crippen LogP contribution in [0.5, 0.6) is 0 Å². The van der Waals surface area contributed by atoms with E-state index in [1.54, 1.807) is 0 Å². The number of ketones is 2. The summed E-state index contributed by atoms with van der Waals surface area (Å²) in [5, 5.41) is 46.7. The van der Waals surface area contributed by atoms with Crippen LogP contribution in [0.3, 0.4) is 0 Å². The van der Waals surface area contributed by atoms with Crippen LogP contribution in [-0.2, 0) is 14.4 Å². The van der Waals surface area contributed by atoms with Crippen LogP contribution < -0.4 is 11.5 Å². The standard InChI is InChI=1S/C43H59N3O7/c1-24(38(52)53)20-30(47)28(23-46-39(44)45)25(2)29-21-33(50)41(5)35-34-31(48)22-43(29,41)18-11-7-10-17-42(34)19-16-32(49)40(3,4)37(42)27(36(35)51)15-14-26-12-8-6-9-13-26/h6,8-9,12-15,20,25,27-30,33,36-37,47,50-51H,7,10-11,16-19,21-23H2,1-5H3,(H,52,53)(H4,44,45,46)/t25-,27+,28+,29+,30-,33+,36-,37-,41-,42-,43+/m1/s1. The monoisotopic (exact) mass is 729 g/mol. The number of hydrogen-bond donors (Lipinski definition) is 6. The van der Waals surface area contributed by atoms with Gasteiger partial charge in [0.2, 0.25) is 0 Å². The van der Waals surface area contributed by atoms with Crippen LogP contribution >= 0.6 is 0 Å². The predicted molar refractivity (Wildman–Crippen MR) is 204 cm³/mol. The quantitative estimate of drug-likeness (QED) is 0.112. The van der Waals surface area contributed by atoms with Gasteiger partial charge in [0, 0.05) is 58.6 Å². The first-order chi connectivity index (χ1) is 24.9. The van der Waals surface area contributed by atoms with Crippen LogP contribution in [0.4, 0.5) is 0 Å². The van der Waals surface area contributed by atoms with Crippen LogP contribution in [-0.4, -0.2) is 68.8 Å². The molecule has 3 saturated carbocycles. The second-order valence-electron chi connectivity index (χ2n) is 17.7. The molecule has 0 amide bonds. The maximum absolute atomic E-state index is 15.2. The number of hydrogen-bond acceptors (Lipinski definition) is 7. The summed E-state index contributed by atoms with van der Waals surface area (Å²) in [5.41, 5.74) is 10.6. The first-order valence-electron chi connectivity index (χ1n) is 19.5. The van der Waals surface area contributed by atoms with Gasteiger partial charge in [0.05, 0.1) is 18.3 Å². The Hall–Kier alpha value is -3.60. The molecule has 0 aliphatic heterocycles. The highest BCUT2D eigenvalue weighted by molar-refractivity contribution is 6.01. The Bertz CT molecular complexity index is 1740. The van der Waals surface area contributed by atoms with Crippen molar-refractivity contribution < 1.29 is 34.8 Å². The van der Waals surface area contributed by atoms with E-state index in [9.17, 15) is 30.0 Å². The minimum atomic E-state index is -1.21. The summed E-state index contributed by atoms with van der Waals surface area (Å²) in [7, 11) is 0. The van der Waals surface area contributed by atoms with Gasteiger partial charge < -0.3 is 31.9 Å². The van der Waals surface area contributed by atoms with E-state index in [0.717, 1.165) is 31.2 Å². The van der Waals surface area contributed by atoms with Crippen molar-refractivity contribution in [2.24, 2.45) is 67.7 Å². The number of carbonyl (C=O) groups is 3. The molecule has 0 unspecified atom stereocenters. The maximum atomic E-state index is 15.2. The van der Waals surface area contributed by atoms with Crippen molar-refractivity contribution in [3.63, 3.8) is 0 Å². The van der Waals surface area contributed by atoms with Crippen LogP contribution in [0.1, 0.15) is 98.0 Å². The number of aliphatic carboxylic acids is 1. The summed E-state index contributed by atoms with van der Waals surface area (Å²) < 4.78 is 0. The molecule has 1 aromatic carbocycles. The molecule has 3 fully saturated rings. The molecule has 2 bridgehead atoms. The van der Waals surface area contributed by atoms with E-state index >= 15 is 4.79 Å². The zero-order chi connectivity index (χ0) is 38.7. The number of carboxylic acid groups (broad SMARTS) is 1. The van der Waals surface area contributed by atoms with Gasteiger partial charge in [-0.3, -0.25) is 14.6 Å². The minimum Gasteiger partial charge on any atom is -0.478 e. The van der Waals surface area contributed by atoms with E-state index in [0.29, 0.717) is 36.8 Å². The lowest BCUT2D eigenvalue weighted by Gasteiger charge is -2.65. The molecular formula is C43H59N3O7. The number of carboxylic acids is 1. The highest BCUT2D eigenvalue weighted by Crippen LogP contribution is 2.75. The largest absolute Gasteiger partial charge is 0.478 e. The number of carbonyl (C=O) groups excluding carboxylic acids is 2. The van der Waals surface area contributed by atoms with Crippen LogP contribution in [0.2, 0.25) is 0 Å². The zero-order valence-electron chi connectivity index (χ0n) is 31.9. The molecule has 288 valence electrons. The molecule has 5 aliphatic rings. The van der Waals surface area contributed by atoms with Gasteiger partial charge in [-0.15, -0.1) is 0 Å². The number of benzene rings is 1. The number of rotatable bonds is 9. The third kappa shape index (κ3) is 6.13. The maximum Gasteiger partial charge on any atom is 0.331 e. The molecule has 53 heavy (non-hydrogen) atoms. The number of aliphatic hydroxyl groups is 3. The van der Waals surface area contributed by atoms with Gasteiger partial charge in [-0.1, -0.05) is 89.4 Å². The van der Waals surface area contributed by atoms with E-state index in [1.807, 2.05) is 57.2 Å². The second-order valence-corrected chi connectivity index (χ2v) is 17.7. The van der Waals surface area contributed by atoms with Gasteiger partial charge in [-0.05, 0) is 73.0 Å². The van der Waals surface area contributed by atoms with Crippen LogP contribution in [0.15, 0.2) is 64.2 Å². The van der Waals surface area contributed by atoms with E-state index < -0.39 is 57.8 Å². The lowest BCUT2D eigenvalue weighted by Crippen LogP contribution is -2.64. The highest BCUT2D eigenvalue weighted by atomic mass is 16.4. The first kappa shape index (κ1) is 39.1. The van der Waals surface area contributed by atoms with Gasteiger partial charge >= 0.3 is 5.97 Å². The fourth-order valence-corrected chi connectivity index (χ4v) is 12.4. The summed E-state index contributed by atoms with van der Waals surface area (Å²) in [6.45, 7) is 9.47. The van der Waals surface area contributed by atoms with Crippen molar-refractivity contribution in [3.8, 4) is 0 Å². The molecule has 8 N–H and O–H groups in total. The smallest absolute Gasteiger partial charge is 0.331 e. The van der Waals surface area contributed by atoms with Gasteiger partial charge in [-0.25, -0.2) is 4.79 Å². The first-order valence-corrected chi connectivity index (χ1v) is 19.5. The van der Waals surface area contributed by atoms with Crippen molar-refractivity contribution in [1.82, 2.24) is 0 Å². The number of fused-ring (bicyclic) bond motifs is 2. The van der Waals surface area contributed by atoms with Crippen molar-refractivity contribution in [3.05, 3.63) is 64.8 Å². The number of nitrogens with zero attached hydrogens (tertiary/aromatic N) is 1. The zero-order valence-corrected chi connectivity index (χ0v) is 31.9. The highest BCUT2D eigenvalue weighted by Gasteiger charge is 2.73. The average Bonchev–Trinajstić information content (AvgIpc) is 3.32. The Morgan fingerprint density at radius 1 is 1.04 bits per heavy atom. The van der Waals surface area contributed by atoms with Crippen LogP contribution in [0.25, 0.3) is 6.08 Å². The predicted octanol–water partition coefficient (Wildman–Crippen LogP) is 5.21. The molecule has 2 spiro atoms. The SMILES string of the molecule is CC(=C[C@@H](O)[C@@H](CN=C(N)N)[C@@H](C)[C@@H]1C[C@H](O)[C@]2(C)C3=C4C(=O)C[C@@]12CCCCC[C@@]41CCC(=O)C(C)(C)[C@H]1[C@@H](C=Cc1ccccc1)[C@H]3O)C(=O)O. The lowest BCUT2D eigenvalue weighted by atomic mass is 9.38. The Morgan fingerprint density at radius 2 is 1.72 bits per heavy atom. The molecule has 0 saturated heterocycles. The molecule has 10 nitrogen and oxygen atoms in total. The summed E-state index contributed by atoms with van der Waals surface area (Å²) in [6.07, 6.45) is 7.54. The third-order valence-corrected chi connectivity index (χ3v) is 15.0. The summed E-state index contributed by atoms with van der Waals surface area (Å²) in [4.78, 5) is 45.1. The molecule has 0 radical (unpaired) electrons. The van der Waals surface area contributed by atoms with Crippen molar-refractivity contribution in [2.45, 2.75) is 111 Å². The summed E-state index contributed by atoms with van der Waals surface area (Å²) in [6, 6.07) is 9.88. The topological polar surface area (TPSA) is 197 Å². The van der Waals surface area contributed by atoms with E-state index in [1.165, 1.54) is 13.0 Å². The van der Waals surface area contributed by atoms with Crippen molar-refractivity contribution in [2.75, 3.05) is 6.54 Å². The number of allylic oxidation sites excluding steroid dienone is 1. The number of guanidine groups is 1. The summed E-state index contributed by atoms with van der Waals surface area (Å²) >= 11 is 0. The van der Waals surface area contributed by atoms with E-state index in [4.69, 9.17) is 11.5 Å². The number of nitrogens with two attached hydrogens (primary N) is 2. The van der Waals surface area contributed by atoms with Gasteiger partial charge in [0.1, 0.15) is 5.78 Å². The number of aliphatic imine (C=N–C) groups is 1. The number of Topliss-reactive ketones (excluding diaryl/α,β-unsaturated/α-hetero) is 2. The lowest BCUT2D eigenvalue weighted by molar-refractivity contribution is -0.155. The fourth-order valence-electron chi connectivity index (χ4n) is 12.4. The average molecular weight is 730 g/mol. The normalized spacial score (nSPS) is 37.1.